The van der Waals surface area contributed by atoms with Crippen molar-refractivity contribution in [3.8, 4) is 0 Å². The zero-order valence-electron chi connectivity index (χ0n) is 8.94. The fraction of sp³-hybridized carbons (Fsp3) is 0.417. The van der Waals surface area contributed by atoms with Crippen molar-refractivity contribution in [2.75, 3.05) is 6.54 Å². The minimum absolute atomic E-state index is 0.270. The first kappa shape index (κ1) is 11.7. The van der Waals surface area contributed by atoms with E-state index in [1.54, 1.807) is 6.92 Å². The highest BCUT2D eigenvalue weighted by atomic mass is 16.4. The number of carboxylic acids is 1. The van der Waals surface area contributed by atoms with Gasteiger partial charge >= 0.3 is 5.97 Å². The molecule has 1 aromatic carbocycles. The van der Waals surface area contributed by atoms with E-state index >= 15 is 0 Å². The lowest BCUT2D eigenvalue weighted by Crippen LogP contribution is -2.20. The van der Waals surface area contributed by atoms with Crippen molar-refractivity contribution in [1.29, 1.82) is 0 Å². The second-order valence-corrected chi connectivity index (χ2v) is 3.69. The summed E-state index contributed by atoms with van der Waals surface area (Å²) < 4.78 is 0. The van der Waals surface area contributed by atoms with Crippen LogP contribution in [0.2, 0.25) is 0 Å². The highest BCUT2D eigenvalue weighted by Gasteiger charge is 2.09. The van der Waals surface area contributed by atoms with Crippen LogP contribution in [0.15, 0.2) is 30.3 Å². The van der Waals surface area contributed by atoms with E-state index in [0.29, 0.717) is 6.42 Å². The molecule has 0 aliphatic carbocycles. The molecule has 3 nitrogen and oxygen atoms in total. The number of benzene rings is 1. The third-order valence-electron chi connectivity index (χ3n) is 2.35. The Bertz CT molecular complexity index is 298. The number of carbonyl (C=O) groups is 1. The summed E-state index contributed by atoms with van der Waals surface area (Å²) in [6.07, 6.45) is 0.669. The monoisotopic (exact) mass is 207 g/mol. The fourth-order valence-corrected chi connectivity index (χ4v) is 1.27. The Morgan fingerprint density at radius 1 is 1.40 bits per heavy atom. The Labute approximate surface area is 90.1 Å². The van der Waals surface area contributed by atoms with Crippen LogP contribution >= 0.6 is 0 Å². The van der Waals surface area contributed by atoms with Gasteiger partial charge in [-0.1, -0.05) is 37.3 Å². The molecule has 0 aliphatic rings. The van der Waals surface area contributed by atoms with Crippen LogP contribution in [-0.2, 0) is 11.3 Å². The number of aliphatic carboxylic acids is 1. The van der Waals surface area contributed by atoms with Crippen molar-refractivity contribution in [2.45, 2.75) is 19.9 Å². The van der Waals surface area contributed by atoms with Gasteiger partial charge < -0.3 is 10.4 Å². The Hall–Kier alpha value is -1.35. The number of nitrogens with one attached hydrogen (secondary N) is 1. The third kappa shape index (κ3) is 4.61. The van der Waals surface area contributed by atoms with Crippen LogP contribution in [0.1, 0.15) is 18.9 Å². The molecule has 1 rings (SSSR count). The quantitative estimate of drug-likeness (QED) is 0.700. The molecule has 82 valence electrons. The topological polar surface area (TPSA) is 49.3 Å². The Balaban J connectivity index is 2.15. The van der Waals surface area contributed by atoms with E-state index in [9.17, 15) is 4.79 Å². The summed E-state index contributed by atoms with van der Waals surface area (Å²) >= 11 is 0. The summed E-state index contributed by atoms with van der Waals surface area (Å²) in [7, 11) is 0. The molecule has 1 atom stereocenters. The lowest BCUT2D eigenvalue weighted by atomic mass is 10.1. The van der Waals surface area contributed by atoms with Crippen molar-refractivity contribution in [3.05, 3.63) is 35.9 Å². The van der Waals surface area contributed by atoms with Crippen LogP contribution in [-0.4, -0.2) is 17.6 Å². The first-order valence-corrected chi connectivity index (χ1v) is 5.17. The van der Waals surface area contributed by atoms with E-state index in [1.807, 2.05) is 30.3 Å². The van der Waals surface area contributed by atoms with Gasteiger partial charge in [0.1, 0.15) is 0 Å². The first-order valence-electron chi connectivity index (χ1n) is 5.17. The average molecular weight is 207 g/mol. The molecule has 2 N–H and O–H groups in total. The first-order chi connectivity index (χ1) is 7.20. The Kier molecular flexibility index (Phi) is 4.84. The molecule has 3 heteroatoms. The summed E-state index contributed by atoms with van der Waals surface area (Å²) in [6.45, 7) is 3.27. The molecule has 0 spiro atoms. The number of carboxylic acid groups (broad SMARTS) is 1. The van der Waals surface area contributed by atoms with Crippen LogP contribution in [0.3, 0.4) is 0 Å². The molecule has 15 heavy (non-hydrogen) atoms. The zero-order chi connectivity index (χ0) is 11.1. The number of hydrogen-bond acceptors (Lipinski definition) is 2. The van der Waals surface area contributed by atoms with Crippen LogP contribution < -0.4 is 5.32 Å². The van der Waals surface area contributed by atoms with Gasteiger partial charge in [-0.2, -0.15) is 0 Å². The van der Waals surface area contributed by atoms with E-state index in [2.05, 4.69) is 5.32 Å². The van der Waals surface area contributed by atoms with Gasteiger partial charge in [0.15, 0.2) is 0 Å². The maximum atomic E-state index is 10.5. The predicted octanol–water partition coefficient (Wildman–Crippen LogP) is 1.89. The zero-order valence-corrected chi connectivity index (χ0v) is 8.94. The van der Waals surface area contributed by atoms with Gasteiger partial charge in [0.2, 0.25) is 0 Å². The van der Waals surface area contributed by atoms with Gasteiger partial charge in [0.05, 0.1) is 5.92 Å². The second kappa shape index (κ2) is 6.19. The molecule has 0 heterocycles. The van der Waals surface area contributed by atoms with Gasteiger partial charge in [-0.05, 0) is 18.5 Å². The summed E-state index contributed by atoms with van der Waals surface area (Å²) in [6, 6.07) is 10.1. The molecular weight excluding hydrogens is 190 g/mol. The van der Waals surface area contributed by atoms with E-state index in [-0.39, 0.29) is 5.92 Å². The predicted molar refractivity (Wildman–Crippen MR) is 59.6 cm³/mol. The summed E-state index contributed by atoms with van der Waals surface area (Å²) in [5, 5.41) is 11.9. The molecular formula is C12H17NO2. The van der Waals surface area contributed by atoms with Crippen molar-refractivity contribution in [1.82, 2.24) is 5.32 Å². The van der Waals surface area contributed by atoms with E-state index < -0.39 is 5.97 Å². The lowest BCUT2D eigenvalue weighted by molar-refractivity contribution is -0.141. The molecule has 0 amide bonds. The van der Waals surface area contributed by atoms with Crippen LogP contribution in [0.5, 0.6) is 0 Å². The third-order valence-corrected chi connectivity index (χ3v) is 2.35. The SMILES string of the molecule is CC(CCNCc1ccccc1)C(=O)O. The van der Waals surface area contributed by atoms with Crippen molar-refractivity contribution in [3.63, 3.8) is 0 Å². The molecule has 1 aromatic rings. The molecule has 0 saturated carbocycles. The summed E-state index contributed by atoms with van der Waals surface area (Å²) in [4.78, 5) is 10.5. The van der Waals surface area contributed by atoms with Gasteiger partial charge in [-0.3, -0.25) is 4.79 Å². The minimum atomic E-state index is -0.725. The largest absolute Gasteiger partial charge is 0.481 e. The fourth-order valence-electron chi connectivity index (χ4n) is 1.27. The molecule has 0 aliphatic heterocycles. The highest BCUT2D eigenvalue weighted by molar-refractivity contribution is 5.69. The normalized spacial score (nSPS) is 12.3. The van der Waals surface area contributed by atoms with Gasteiger partial charge in [-0.25, -0.2) is 0 Å². The summed E-state index contributed by atoms with van der Waals surface area (Å²) in [5.74, 6) is -0.996. The maximum absolute atomic E-state index is 10.5. The van der Waals surface area contributed by atoms with Crippen molar-refractivity contribution >= 4 is 5.97 Å². The Morgan fingerprint density at radius 2 is 2.07 bits per heavy atom. The van der Waals surface area contributed by atoms with Crippen LogP contribution in [0, 0.1) is 5.92 Å². The number of rotatable bonds is 6. The second-order valence-electron chi connectivity index (χ2n) is 3.69. The van der Waals surface area contributed by atoms with Gasteiger partial charge in [-0.15, -0.1) is 0 Å². The molecule has 0 bridgehead atoms. The average Bonchev–Trinajstić information content (AvgIpc) is 2.25. The van der Waals surface area contributed by atoms with E-state index in [1.165, 1.54) is 5.56 Å². The van der Waals surface area contributed by atoms with E-state index in [4.69, 9.17) is 5.11 Å². The number of hydrogen-bond donors (Lipinski definition) is 2. The molecule has 0 radical (unpaired) electrons. The van der Waals surface area contributed by atoms with Crippen molar-refractivity contribution in [2.24, 2.45) is 5.92 Å². The highest BCUT2D eigenvalue weighted by Crippen LogP contribution is 2.01. The lowest BCUT2D eigenvalue weighted by Gasteiger charge is -2.07. The molecule has 0 fully saturated rings. The van der Waals surface area contributed by atoms with Crippen molar-refractivity contribution < 1.29 is 9.90 Å². The smallest absolute Gasteiger partial charge is 0.306 e. The minimum Gasteiger partial charge on any atom is -0.481 e. The molecule has 1 unspecified atom stereocenters. The van der Waals surface area contributed by atoms with E-state index in [0.717, 1.165) is 13.1 Å². The standard InChI is InChI=1S/C12H17NO2/c1-10(12(14)15)7-8-13-9-11-5-3-2-4-6-11/h2-6,10,13H,7-9H2,1H3,(H,14,15). The maximum Gasteiger partial charge on any atom is 0.306 e. The van der Waals surface area contributed by atoms with Gasteiger partial charge in [0, 0.05) is 6.54 Å². The Morgan fingerprint density at radius 3 is 2.67 bits per heavy atom. The van der Waals surface area contributed by atoms with Gasteiger partial charge in [0.25, 0.3) is 0 Å². The molecule has 0 saturated heterocycles. The molecule has 0 aromatic heterocycles. The summed E-state index contributed by atoms with van der Waals surface area (Å²) in [5.41, 5.74) is 1.22. The van der Waals surface area contributed by atoms with Crippen LogP contribution in [0.25, 0.3) is 0 Å². The van der Waals surface area contributed by atoms with Crippen LogP contribution in [0.4, 0.5) is 0 Å².